The first-order chi connectivity index (χ1) is 6.72. The third-order valence-corrected chi connectivity index (χ3v) is 1.83. The first-order valence-electron chi connectivity index (χ1n) is 5.48. The topological polar surface area (TPSA) is 58.3 Å². The third kappa shape index (κ3) is 9.55. The van der Waals surface area contributed by atoms with E-state index in [0.717, 1.165) is 25.0 Å². The summed E-state index contributed by atoms with van der Waals surface area (Å²) in [6, 6.07) is 0.159. The lowest BCUT2D eigenvalue weighted by atomic mass is 10.1. The van der Waals surface area contributed by atoms with E-state index in [9.17, 15) is 0 Å². The zero-order chi connectivity index (χ0) is 11.4. The molecule has 0 aliphatic heterocycles. The highest BCUT2D eigenvalue weighted by atomic mass is 16.3. The molecule has 0 amide bonds. The number of hydrogen-bond donors (Lipinski definition) is 3. The molecule has 0 aliphatic carbocycles. The highest BCUT2D eigenvalue weighted by Gasteiger charge is 1.99. The van der Waals surface area contributed by atoms with Gasteiger partial charge in [-0.05, 0) is 31.5 Å². The molecule has 14 heavy (non-hydrogen) atoms. The SMILES string of the molecule is CC.CCC(N)/C(C)=C\NCCCO. The predicted molar refractivity (Wildman–Crippen MR) is 63.1 cm³/mol. The van der Waals surface area contributed by atoms with Gasteiger partial charge in [0.1, 0.15) is 0 Å². The Morgan fingerprint density at radius 1 is 1.50 bits per heavy atom. The van der Waals surface area contributed by atoms with Crippen LogP contribution >= 0.6 is 0 Å². The molecular weight excluding hydrogens is 176 g/mol. The standard InChI is InChI=1S/C9H20N2O.C2H6/c1-3-9(10)8(2)7-11-5-4-6-12;1-2/h7,9,11-12H,3-6,10H2,1-2H3;1-2H3/b8-7-;. The Bertz CT molecular complexity index is 135. The van der Waals surface area contributed by atoms with Gasteiger partial charge in [-0.15, -0.1) is 0 Å². The fourth-order valence-corrected chi connectivity index (χ4v) is 0.843. The smallest absolute Gasteiger partial charge is 0.0447 e. The molecule has 0 radical (unpaired) electrons. The Morgan fingerprint density at radius 3 is 2.50 bits per heavy atom. The zero-order valence-corrected chi connectivity index (χ0v) is 10.0. The van der Waals surface area contributed by atoms with Gasteiger partial charge in [-0.2, -0.15) is 0 Å². The lowest BCUT2D eigenvalue weighted by molar-refractivity contribution is 0.288. The molecule has 0 fully saturated rings. The Labute approximate surface area is 88.4 Å². The number of aliphatic hydroxyl groups is 1. The minimum atomic E-state index is 0.159. The van der Waals surface area contributed by atoms with Crippen LogP contribution in [0.2, 0.25) is 0 Å². The van der Waals surface area contributed by atoms with E-state index in [2.05, 4.69) is 12.2 Å². The van der Waals surface area contributed by atoms with Crippen LogP contribution in [0.25, 0.3) is 0 Å². The van der Waals surface area contributed by atoms with Crippen LogP contribution in [0.3, 0.4) is 0 Å². The Balaban J connectivity index is 0. The highest BCUT2D eigenvalue weighted by molar-refractivity contribution is 5.04. The Morgan fingerprint density at radius 2 is 2.07 bits per heavy atom. The average Bonchev–Trinajstić information content (AvgIpc) is 2.25. The molecule has 0 saturated heterocycles. The van der Waals surface area contributed by atoms with Crippen molar-refractivity contribution < 1.29 is 5.11 Å². The van der Waals surface area contributed by atoms with E-state index < -0.39 is 0 Å². The lowest BCUT2D eigenvalue weighted by Gasteiger charge is -2.09. The lowest BCUT2D eigenvalue weighted by Crippen LogP contribution is -2.22. The van der Waals surface area contributed by atoms with Crippen LogP contribution in [0, 0.1) is 0 Å². The van der Waals surface area contributed by atoms with E-state index in [4.69, 9.17) is 10.8 Å². The van der Waals surface area contributed by atoms with Crippen LogP contribution in [0.15, 0.2) is 11.8 Å². The monoisotopic (exact) mass is 202 g/mol. The van der Waals surface area contributed by atoms with Crippen LogP contribution in [-0.4, -0.2) is 24.3 Å². The maximum atomic E-state index is 8.50. The summed E-state index contributed by atoms with van der Waals surface area (Å²) < 4.78 is 0. The second kappa shape index (κ2) is 12.5. The van der Waals surface area contributed by atoms with Crippen molar-refractivity contribution in [3.63, 3.8) is 0 Å². The molecule has 0 aromatic rings. The Hall–Kier alpha value is -0.540. The molecule has 4 N–H and O–H groups in total. The maximum Gasteiger partial charge on any atom is 0.0447 e. The van der Waals surface area contributed by atoms with Crippen molar-refractivity contribution in [2.75, 3.05) is 13.2 Å². The van der Waals surface area contributed by atoms with Crippen LogP contribution in [0.4, 0.5) is 0 Å². The number of hydrogen-bond acceptors (Lipinski definition) is 3. The summed E-state index contributed by atoms with van der Waals surface area (Å²) in [6.45, 7) is 9.12. The molecule has 0 bridgehead atoms. The summed E-state index contributed by atoms with van der Waals surface area (Å²) in [4.78, 5) is 0. The van der Waals surface area contributed by atoms with Gasteiger partial charge < -0.3 is 16.2 Å². The molecule has 1 atom stereocenters. The number of aliphatic hydroxyl groups excluding tert-OH is 1. The summed E-state index contributed by atoms with van der Waals surface area (Å²) in [5.74, 6) is 0. The first-order valence-corrected chi connectivity index (χ1v) is 5.48. The fourth-order valence-electron chi connectivity index (χ4n) is 0.843. The van der Waals surface area contributed by atoms with Gasteiger partial charge in [0.15, 0.2) is 0 Å². The van der Waals surface area contributed by atoms with Gasteiger partial charge in [0, 0.05) is 19.2 Å². The molecule has 0 spiro atoms. The second-order valence-electron chi connectivity index (χ2n) is 2.93. The molecule has 0 aromatic carbocycles. The van der Waals surface area contributed by atoms with E-state index in [-0.39, 0.29) is 12.6 Å². The summed E-state index contributed by atoms with van der Waals surface area (Å²) >= 11 is 0. The molecular formula is C11H26N2O. The van der Waals surface area contributed by atoms with E-state index in [0.29, 0.717) is 0 Å². The maximum absolute atomic E-state index is 8.50. The molecule has 3 nitrogen and oxygen atoms in total. The van der Waals surface area contributed by atoms with Crippen molar-refractivity contribution >= 4 is 0 Å². The average molecular weight is 202 g/mol. The van der Waals surface area contributed by atoms with Gasteiger partial charge in [0.2, 0.25) is 0 Å². The number of nitrogens with one attached hydrogen (secondary N) is 1. The van der Waals surface area contributed by atoms with Crippen LogP contribution in [-0.2, 0) is 0 Å². The number of nitrogens with two attached hydrogens (primary N) is 1. The van der Waals surface area contributed by atoms with Gasteiger partial charge >= 0.3 is 0 Å². The molecule has 3 heteroatoms. The van der Waals surface area contributed by atoms with Crippen molar-refractivity contribution in [1.29, 1.82) is 0 Å². The molecule has 0 heterocycles. The highest BCUT2D eigenvalue weighted by Crippen LogP contribution is 1.99. The quantitative estimate of drug-likeness (QED) is 0.574. The van der Waals surface area contributed by atoms with E-state index in [1.54, 1.807) is 0 Å². The molecule has 0 saturated carbocycles. The normalized spacial score (nSPS) is 12.9. The van der Waals surface area contributed by atoms with Crippen LogP contribution in [0.1, 0.15) is 40.5 Å². The zero-order valence-electron chi connectivity index (χ0n) is 10.0. The fraction of sp³-hybridized carbons (Fsp3) is 0.818. The van der Waals surface area contributed by atoms with Crippen molar-refractivity contribution in [3.8, 4) is 0 Å². The summed E-state index contributed by atoms with van der Waals surface area (Å²) in [5, 5.41) is 11.6. The van der Waals surface area contributed by atoms with Gasteiger partial charge in [0.25, 0.3) is 0 Å². The number of rotatable bonds is 6. The minimum Gasteiger partial charge on any atom is -0.396 e. The van der Waals surface area contributed by atoms with Gasteiger partial charge in [-0.1, -0.05) is 20.8 Å². The van der Waals surface area contributed by atoms with E-state index in [1.807, 2.05) is 27.0 Å². The summed E-state index contributed by atoms with van der Waals surface area (Å²) in [7, 11) is 0. The van der Waals surface area contributed by atoms with E-state index in [1.165, 1.54) is 0 Å². The molecule has 0 aliphatic rings. The summed E-state index contributed by atoms with van der Waals surface area (Å²) in [5.41, 5.74) is 6.94. The predicted octanol–water partition coefficient (Wildman–Crippen LogP) is 1.63. The van der Waals surface area contributed by atoms with Gasteiger partial charge in [-0.3, -0.25) is 0 Å². The van der Waals surface area contributed by atoms with Crippen molar-refractivity contribution in [3.05, 3.63) is 11.8 Å². The third-order valence-electron chi connectivity index (χ3n) is 1.83. The molecule has 1 unspecified atom stereocenters. The first kappa shape index (κ1) is 15.9. The molecule has 0 rings (SSSR count). The molecule has 0 aromatic heterocycles. The second-order valence-corrected chi connectivity index (χ2v) is 2.93. The van der Waals surface area contributed by atoms with Gasteiger partial charge in [-0.25, -0.2) is 0 Å². The minimum absolute atomic E-state index is 0.159. The Kier molecular flexibility index (Phi) is 14.2. The largest absolute Gasteiger partial charge is 0.396 e. The summed E-state index contributed by atoms with van der Waals surface area (Å²) in [6.07, 6.45) is 3.68. The van der Waals surface area contributed by atoms with Crippen molar-refractivity contribution in [2.45, 2.75) is 46.6 Å². The van der Waals surface area contributed by atoms with E-state index >= 15 is 0 Å². The van der Waals surface area contributed by atoms with Crippen molar-refractivity contribution in [1.82, 2.24) is 5.32 Å². The van der Waals surface area contributed by atoms with Crippen LogP contribution < -0.4 is 11.1 Å². The van der Waals surface area contributed by atoms with Gasteiger partial charge in [0.05, 0.1) is 0 Å². The molecule has 86 valence electrons. The van der Waals surface area contributed by atoms with Crippen molar-refractivity contribution in [2.24, 2.45) is 5.73 Å². The van der Waals surface area contributed by atoms with Crippen LogP contribution in [0.5, 0.6) is 0 Å².